The van der Waals surface area contributed by atoms with E-state index < -0.39 is 0 Å². The molecule has 0 aliphatic carbocycles. The Morgan fingerprint density at radius 1 is 0.719 bits per heavy atom. The number of ether oxygens (including phenoxy) is 4. The maximum absolute atomic E-state index is 11.6. The molecule has 0 atom stereocenters. The summed E-state index contributed by atoms with van der Waals surface area (Å²) in [5.74, 6) is -0.234. The number of rotatable bonds is 18. The first-order valence-corrected chi connectivity index (χ1v) is 11.8. The molecule has 0 spiro atoms. The highest BCUT2D eigenvalue weighted by Gasteiger charge is 2.25. The molecule has 0 radical (unpaired) electrons. The van der Waals surface area contributed by atoms with Crippen molar-refractivity contribution in [2.75, 3.05) is 39.6 Å². The summed E-state index contributed by atoms with van der Waals surface area (Å²) < 4.78 is 23.1. The summed E-state index contributed by atoms with van der Waals surface area (Å²) in [6.45, 7) is 21.4. The quantitative estimate of drug-likeness (QED) is 0.243. The van der Waals surface area contributed by atoms with Crippen LogP contribution in [0.3, 0.4) is 0 Å². The highest BCUT2D eigenvalue weighted by atomic mass is 16.5. The highest BCUT2D eigenvalue weighted by Crippen LogP contribution is 2.24. The van der Waals surface area contributed by atoms with E-state index in [0.717, 1.165) is 25.9 Å². The average molecular weight is 460 g/mol. The number of aldehydes is 1. The zero-order chi connectivity index (χ0) is 24.9. The van der Waals surface area contributed by atoms with Gasteiger partial charge < -0.3 is 29.1 Å². The molecule has 0 saturated heterocycles. The van der Waals surface area contributed by atoms with Gasteiger partial charge in [-0.15, -0.1) is 0 Å². The summed E-state index contributed by atoms with van der Waals surface area (Å²) in [7, 11) is 0. The van der Waals surface area contributed by atoms with E-state index in [9.17, 15) is 9.59 Å². The molecule has 32 heavy (non-hydrogen) atoms. The van der Waals surface area contributed by atoms with E-state index in [0.29, 0.717) is 32.5 Å². The molecule has 0 aromatic rings. The van der Waals surface area contributed by atoms with Crippen LogP contribution >= 0.6 is 0 Å². The molecule has 190 valence electrons. The molecular formula is C25H49NO6. The number of hydrogen-bond acceptors (Lipinski definition) is 6. The molecule has 7 nitrogen and oxygen atoms in total. The smallest absolute Gasteiger partial charge is 0.246 e. The maximum Gasteiger partial charge on any atom is 0.246 e. The van der Waals surface area contributed by atoms with Gasteiger partial charge in [-0.3, -0.25) is 4.79 Å². The highest BCUT2D eigenvalue weighted by molar-refractivity contribution is 5.77. The first kappa shape index (κ1) is 31.0. The van der Waals surface area contributed by atoms with Gasteiger partial charge in [0.1, 0.15) is 19.5 Å². The Morgan fingerprint density at radius 3 is 1.59 bits per heavy atom. The zero-order valence-electron chi connectivity index (χ0n) is 22.1. The van der Waals surface area contributed by atoms with Gasteiger partial charge in [-0.1, -0.05) is 20.8 Å². The van der Waals surface area contributed by atoms with Crippen LogP contribution in [0.2, 0.25) is 0 Å². The van der Waals surface area contributed by atoms with E-state index >= 15 is 0 Å². The lowest BCUT2D eigenvalue weighted by Gasteiger charge is -2.32. The van der Waals surface area contributed by atoms with Gasteiger partial charge in [0, 0.05) is 13.2 Å². The lowest BCUT2D eigenvalue weighted by molar-refractivity contribution is -0.127. The molecule has 0 aliphatic heterocycles. The predicted molar refractivity (Wildman–Crippen MR) is 128 cm³/mol. The van der Waals surface area contributed by atoms with Gasteiger partial charge in [0.05, 0.1) is 30.0 Å². The number of amides is 1. The molecule has 0 bridgehead atoms. The molecule has 0 rings (SSSR count). The molecule has 0 unspecified atom stereocenters. The summed E-state index contributed by atoms with van der Waals surface area (Å²) in [5.41, 5.74) is -0.584. The fourth-order valence-electron chi connectivity index (χ4n) is 2.75. The van der Waals surface area contributed by atoms with Crippen LogP contribution in [0.4, 0.5) is 0 Å². The first-order chi connectivity index (χ1) is 14.6. The lowest BCUT2D eigenvalue weighted by Crippen LogP contribution is -2.36. The second kappa shape index (κ2) is 14.3. The van der Waals surface area contributed by atoms with Gasteiger partial charge in [0.15, 0.2) is 0 Å². The summed E-state index contributed by atoms with van der Waals surface area (Å²) in [5, 5.41) is 2.77. The molecule has 0 heterocycles. The summed E-state index contributed by atoms with van der Waals surface area (Å²) in [6, 6.07) is 0. The minimum absolute atomic E-state index is 0.0679. The van der Waals surface area contributed by atoms with Crippen molar-refractivity contribution >= 4 is 12.2 Å². The van der Waals surface area contributed by atoms with Crippen molar-refractivity contribution in [3.8, 4) is 0 Å². The first-order valence-electron chi connectivity index (χ1n) is 11.8. The van der Waals surface area contributed by atoms with Gasteiger partial charge in [-0.25, -0.2) is 0 Å². The van der Waals surface area contributed by atoms with E-state index in [1.165, 1.54) is 0 Å². The standard InChI is InChI=1S/C25H49NO6/c1-22(2,3)11-16-30-24(6,7)13-18-32-25(8,9)12-17-31-23(4,5)10-14-26-21(28)20-29-19-15-27/h15H,10-14,16-20H2,1-9H3,(H,26,28). The minimum atomic E-state index is -0.365. The SMILES string of the molecule is CC(C)(C)CCOC(C)(C)CCOC(C)(C)CCOC(C)(C)CCNC(=O)COCC=O. The number of carbonyl (C=O) groups is 2. The summed E-state index contributed by atoms with van der Waals surface area (Å²) in [4.78, 5) is 21.8. The maximum atomic E-state index is 11.6. The Labute approximate surface area is 196 Å². The number of nitrogens with one attached hydrogen (secondary N) is 1. The second-order valence-corrected chi connectivity index (χ2v) is 11.4. The molecule has 0 fully saturated rings. The van der Waals surface area contributed by atoms with Gasteiger partial charge >= 0.3 is 0 Å². The Hall–Kier alpha value is -1.02. The van der Waals surface area contributed by atoms with Crippen LogP contribution in [-0.4, -0.2) is 68.6 Å². The van der Waals surface area contributed by atoms with Crippen LogP contribution < -0.4 is 5.32 Å². The van der Waals surface area contributed by atoms with Crippen LogP contribution in [0.1, 0.15) is 88.0 Å². The van der Waals surface area contributed by atoms with E-state index in [2.05, 4.69) is 53.8 Å². The fraction of sp³-hybridized carbons (Fsp3) is 0.920. The van der Waals surface area contributed by atoms with Crippen molar-refractivity contribution in [2.24, 2.45) is 5.41 Å². The summed E-state index contributed by atoms with van der Waals surface area (Å²) in [6.07, 6.45) is 3.94. The van der Waals surface area contributed by atoms with Crippen LogP contribution in [0.15, 0.2) is 0 Å². The molecular weight excluding hydrogens is 410 g/mol. The van der Waals surface area contributed by atoms with Gasteiger partial charge in [0.25, 0.3) is 0 Å². The Kier molecular flexibility index (Phi) is 13.8. The summed E-state index contributed by atoms with van der Waals surface area (Å²) >= 11 is 0. The molecule has 0 aliphatic rings. The monoisotopic (exact) mass is 459 g/mol. The van der Waals surface area contributed by atoms with Gasteiger partial charge in [0.2, 0.25) is 5.91 Å². The van der Waals surface area contributed by atoms with Crippen molar-refractivity contribution in [3.05, 3.63) is 0 Å². The third-order valence-electron chi connectivity index (χ3n) is 5.21. The van der Waals surface area contributed by atoms with E-state index in [1.807, 2.05) is 13.8 Å². The van der Waals surface area contributed by atoms with Crippen LogP contribution in [0.5, 0.6) is 0 Å². The lowest BCUT2D eigenvalue weighted by atomic mass is 9.93. The minimum Gasteiger partial charge on any atom is -0.375 e. The Bertz CT molecular complexity index is 537. The van der Waals surface area contributed by atoms with Crippen molar-refractivity contribution in [3.63, 3.8) is 0 Å². The van der Waals surface area contributed by atoms with Crippen molar-refractivity contribution in [1.29, 1.82) is 0 Å². The van der Waals surface area contributed by atoms with E-state index in [-0.39, 0.29) is 41.3 Å². The molecule has 0 saturated carbocycles. The predicted octanol–water partition coefficient (Wildman–Crippen LogP) is 4.31. The Balaban J connectivity index is 4.10. The van der Waals surface area contributed by atoms with Crippen LogP contribution in [0, 0.1) is 5.41 Å². The van der Waals surface area contributed by atoms with Crippen molar-refractivity contribution in [2.45, 2.75) is 105 Å². The average Bonchev–Trinajstić information content (AvgIpc) is 2.59. The fourth-order valence-corrected chi connectivity index (χ4v) is 2.75. The zero-order valence-corrected chi connectivity index (χ0v) is 22.1. The largest absolute Gasteiger partial charge is 0.375 e. The molecule has 1 amide bonds. The molecule has 7 heteroatoms. The molecule has 0 aromatic heterocycles. The van der Waals surface area contributed by atoms with Crippen LogP contribution in [-0.2, 0) is 28.5 Å². The third-order valence-corrected chi connectivity index (χ3v) is 5.21. The van der Waals surface area contributed by atoms with Crippen molar-refractivity contribution < 1.29 is 28.5 Å². The third kappa shape index (κ3) is 18.5. The van der Waals surface area contributed by atoms with Crippen LogP contribution in [0.25, 0.3) is 0 Å². The van der Waals surface area contributed by atoms with Crippen molar-refractivity contribution in [1.82, 2.24) is 5.32 Å². The number of carbonyl (C=O) groups excluding carboxylic acids is 2. The topological polar surface area (TPSA) is 83.1 Å². The molecule has 1 N–H and O–H groups in total. The van der Waals surface area contributed by atoms with E-state index in [1.54, 1.807) is 0 Å². The molecule has 0 aromatic carbocycles. The van der Waals surface area contributed by atoms with Gasteiger partial charge in [-0.2, -0.15) is 0 Å². The number of hydrogen-bond donors (Lipinski definition) is 1. The normalized spacial score (nSPS) is 13.3. The second-order valence-electron chi connectivity index (χ2n) is 11.4. The van der Waals surface area contributed by atoms with Gasteiger partial charge in [-0.05, 0) is 72.6 Å². The van der Waals surface area contributed by atoms with E-state index in [4.69, 9.17) is 18.9 Å². The Morgan fingerprint density at radius 2 is 1.16 bits per heavy atom.